The molecule has 0 atom stereocenters. The van der Waals surface area contributed by atoms with Gasteiger partial charge >= 0.3 is 6.03 Å². The highest BCUT2D eigenvalue weighted by Gasteiger charge is 2.23. The van der Waals surface area contributed by atoms with E-state index in [1.807, 2.05) is 33.8 Å². The van der Waals surface area contributed by atoms with E-state index in [2.05, 4.69) is 26.1 Å². The van der Waals surface area contributed by atoms with Crippen molar-refractivity contribution in [3.05, 3.63) is 59.9 Å². The van der Waals surface area contributed by atoms with Crippen LogP contribution in [0.25, 0.3) is 11.5 Å². The van der Waals surface area contributed by atoms with Gasteiger partial charge in [-0.2, -0.15) is 4.98 Å². The molecule has 3 rings (SSSR count). The van der Waals surface area contributed by atoms with Crippen LogP contribution in [0.1, 0.15) is 43.9 Å². The van der Waals surface area contributed by atoms with Gasteiger partial charge in [-0.05, 0) is 37.3 Å². The summed E-state index contributed by atoms with van der Waals surface area (Å²) in [6, 6.07) is 13.6. The second kappa shape index (κ2) is 8.77. The zero-order valence-corrected chi connectivity index (χ0v) is 17.4. The normalized spacial score (nSPS) is 11.1. The van der Waals surface area contributed by atoms with E-state index in [9.17, 15) is 9.59 Å². The molecule has 0 bridgehead atoms. The van der Waals surface area contributed by atoms with Crippen LogP contribution in [-0.4, -0.2) is 28.6 Å². The second-order valence-electron chi connectivity index (χ2n) is 7.74. The van der Waals surface area contributed by atoms with Gasteiger partial charge in [0.1, 0.15) is 0 Å². The molecule has 156 valence electrons. The molecule has 0 aliphatic carbocycles. The Labute approximate surface area is 175 Å². The van der Waals surface area contributed by atoms with Crippen LogP contribution >= 0.6 is 0 Å². The van der Waals surface area contributed by atoms with Gasteiger partial charge in [0, 0.05) is 23.3 Å². The first-order valence-electron chi connectivity index (χ1n) is 9.68. The Morgan fingerprint density at radius 2 is 1.70 bits per heavy atom. The number of anilines is 2. The highest BCUT2D eigenvalue weighted by molar-refractivity contribution is 6.08. The standard InChI is InChI=1S/C22H25N5O3/c1-5-23-21(29)25-15-10-8-9-14(13-15)24-18(28)16-11-6-7-12-17(16)19-26-20(27-30-19)22(2,3)4/h6-13H,5H2,1-4H3,(H,24,28)(H2,23,25,29). The van der Waals surface area contributed by atoms with Gasteiger partial charge in [-0.1, -0.05) is 44.1 Å². The predicted octanol–water partition coefficient (Wildman–Crippen LogP) is 4.43. The quantitative estimate of drug-likeness (QED) is 0.580. The van der Waals surface area contributed by atoms with Gasteiger partial charge in [0.25, 0.3) is 11.8 Å². The van der Waals surface area contributed by atoms with E-state index in [0.717, 1.165) is 0 Å². The molecule has 0 saturated heterocycles. The van der Waals surface area contributed by atoms with Crippen molar-refractivity contribution in [2.45, 2.75) is 33.1 Å². The maximum absolute atomic E-state index is 12.9. The maximum Gasteiger partial charge on any atom is 0.319 e. The van der Waals surface area contributed by atoms with Crippen molar-refractivity contribution in [3.63, 3.8) is 0 Å². The molecule has 2 aromatic carbocycles. The number of aromatic nitrogens is 2. The number of rotatable bonds is 5. The summed E-state index contributed by atoms with van der Waals surface area (Å²) in [6.45, 7) is 8.32. The monoisotopic (exact) mass is 407 g/mol. The maximum atomic E-state index is 12.9. The number of carbonyl (C=O) groups excluding carboxylic acids is 2. The fourth-order valence-corrected chi connectivity index (χ4v) is 2.71. The first-order valence-corrected chi connectivity index (χ1v) is 9.68. The number of hydrogen-bond acceptors (Lipinski definition) is 5. The average molecular weight is 407 g/mol. The first-order chi connectivity index (χ1) is 14.3. The fourth-order valence-electron chi connectivity index (χ4n) is 2.71. The van der Waals surface area contributed by atoms with Crippen LogP contribution in [0.4, 0.5) is 16.2 Å². The number of amides is 3. The Bertz CT molecular complexity index is 1050. The van der Waals surface area contributed by atoms with Crippen LogP contribution in [0.15, 0.2) is 53.1 Å². The minimum Gasteiger partial charge on any atom is -0.338 e. The molecule has 1 heterocycles. The van der Waals surface area contributed by atoms with E-state index in [-0.39, 0.29) is 23.2 Å². The highest BCUT2D eigenvalue weighted by Crippen LogP contribution is 2.27. The third-order valence-corrected chi connectivity index (χ3v) is 4.21. The number of nitrogens with one attached hydrogen (secondary N) is 3. The molecule has 1 aromatic heterocycles. The molecular formula is C22H25N5O3. The number of benzene rings is 2. The van der Waals surface area contributed by atoms with Crippen LogP contribution in [0.5, 0.6) is 0 Å². The van der Waals surface area contributed by atoms with E-state index >= 15 is 0 Å². The molecule has 0 saturated carbocycles. The van der Waals surface area contributed by atoms with Crippen LogP contribution < -0.4 is 16.0 Å². The minimum absolute atomic E-state index is 0.267. The van der Waals surface area contributed by atoms with Crippen molar-refractivity contribution < 1.29 is 14.1 Å². The molecule has 0 radical (unpaired) electrons. The van der Waals surface area contributed by atoms with Crippen molar-refractivity contribution in [2.75, 3.05) is 17.2 Å². The molecule has 30 heavy (non-hydrogen) atoms. The third-order valence-electron chi connectivity index (χ3n) is 4.21. The Kier molecular flexibility index (Phi) is 6.15. The second-order valence-corrected chi connectivity index (χ2v) is 7.74. The van der Waals surface area contributed by atoms with Gasteiger partial charge in [0.05, 0.1) is 11.1 Å². The Balaban J connectivity index is 1.82. The third kappa shape index (κ3) is 5.02. The summed E-state index contributed by atoms with van der Waals surface area (Å²) in [5, 5.41) is 12.3. The van der Waals surface area contributed by atoms with E-state index in [0.29, 0.717) is 34.9 Å². The molecule has 0 fully saturated rings. The van der Waals surface area contributed by atoms with Crippen LogP contribution in [-0.2, 0) is 5.41 Å². The lowest BCUT2D eigenvalue weighted by atomic mass is 9.96. The topological polar surface area (TPSA) is 109 Å². The van der Waals surface area contributed by atoms with Crippen LogP contribution in [0.3, 0.4) is 0 Å². The summed E-state index contributed by atoms with van der Waals surface area (Å²) in [4.78, 5) is 29.1. The molecule has 0 aliphatic rings. The first kappa shape index (κ1) is 21.0. The lowest BCUT2D eigenvalue weighted by Gasteiger charge is -2.11. The molecule has 3 aromatic rings. The summed E-state index contributed by atoms with van der Waals surface area (Å²) in [6.07, 6.45) is 0. The van der Waals surface area contributed by atoms with Crippen molar-refractivity contribution in [1.82, 2.24) is 15.5 Å². The lowest BCUT2D eigenvalue weighted by Crippen LogP contribution is -2.28. The summed E-state index contributed by atoms with van der Waals surface area (Å²) >= 11 is 0. The van der Waals surface area contributed by atoms with Crippen molar-refractivity contribution >= 4 is 23.3 Å². The Morgan fingerprint density at radius 3 is 2.37 bits per heavy atom. The van der Waals surface area contributed by atoms with Gasteiger partial charge in [0.2, 0.25) is 0 Å². The zero-order valence-electron chi connectivity index (χ0n) is 17.4. The summed E-state index contributed by atoms with van der Waals surface area (Å²) in [5.41, 5.74) is 1.80. The zero-order chi connectivity index (χ0) is 21.7. The van der Waals surface area contributed by atoms with Gasteiger partial charge in [-0.15, -0.1) is 0 Å². The minimum atomic E-state index is -0.323. The van der Waals surface area contributed by atoms with E-state index in [1.165, 1.54) is 0 Å². The number of nitrogens with zero attached hydrogens (tertiary/aromatic N) is 2. The van der Waals surface area contributed by atoms with Crippen molar-refractivity contribution in [1.29, 1.82) is 0 Å². The van der Waals surface area contributed by atoms with Crippen molar-refractivity contribution in [3.8, 4) is 11.5 Å². The van der Waals surface area contributed by atoms with Crippen molar-refractivity contribution in [2.24, 2.45) is 0 Å². The number of hydrogen-bond donors (Lipinski definition) is 3. The average Bonchev–Trinajstić information content (AvgIpc) is 3.19. The highest BCUT2D eigenvalue weighted by atomic mass is 16.5. The Morgan fingerprint density at radius 1 is 1.00 bits per heavy atom. The van der Waals surface area contributed by atoms with Gasteiger partial charge in [-0.3, -0.25) is 4.79 Å². The number of urea groups is 1. The molecule has 0 aliphatic heterocycles. The molecular weight excluding hydrogens is 382 g/mol. The summed E-state index contributed by atoms with van der Waals surface area (Å²) in [5.74, 6) is 0.533. The molecule has 3 amide bonds. The molecule has 8 heteroatoms. The van der Waals surface area contributed by atoms with Crippen LogP contribution in [0, 0.1) is 0 Å². The van der Waals surface area contributed by atoms with Gasteiger partial charge in [-0.25, -0.2) is 4.79 Å². The van der Waals surface area contributed by atoms with E-state index < -0.39 is 0 Å². The SMILES string of the molecule is CCNC(=O)Nc1cccc(NC(=O)c2ccccc2-c2nc(C(C)(C)C)no2)c1. The molecule has 0 spiro atoms. The lowest BCUT2D eigenvalue weighted by molar-refractivity contribution is 0.102. The summed E-state index contributed by atoms with van der Waals surface area (Å²) in [7, 11) is 0. The van der Waals surface area contributed by atoms with E-state index in [1.54, 1.807) is 42.5 Å². The Hall–Kier alpha value is -3.68. The smallest absolute Gasteiger partial charge is 0.319 e. The van der Waals surface area contributed by atoms with Crippen LogP contribution in [0.2, 0.25) is 0 Å². The summed E-state index contributed by atoms with van der Waals surface area (Å²) < 4.78 is 5.41. The molecule has 8 nitrogen and oxygen atoms in total. The van der Waals surface area contributed by atoms with Gasteiger partial charge < -0.3 is 20.5 Å². The number of carbonyl (C=O) groups is 2. The largest absolute Gasteiger partial charge is 0.338 e. The van der Waals surface area contributed by atoms with E-state index in [4.69, 9.17) is 4.52 Å². The van der Waals surface area contributed by atoms with Gasteiger partial charge in [0.15, 0.2) is 5.82 Å². The molecule has 0 unspecified atom stereocenters. The fraction of sp³-hybridized carbons (Fsp3) is 0.273. The predicted molar refractivity (Wildman–Crippen MR) is 116 cm³/mol. The molecule has 3 N–H and O–H groups in total.